The van der Waals surface area contributed by atoms with Crippen molar-refractivity contribution in [2.75, 3.05) is 0 Å². The van der Waals surface area contributed by atoms with Crippen molar-refractivity contribution in [2.24, 2.45) is 5.10 Å². The van der Waals surface area contributed by atoms with Crippen molar-refractivity contribution in [3.63, 3.8) is 0 Å². The van der Waals surface area contributed by atoms with Crippen LogP contribution in [0.1, 0.15) is 22.8 Å². The van der Waals surface area contributed by atoms with Gasteiger partial charge >= 0.3 is 5.97 Å². The second-order valence-corrected chi connectivity index (χ2v) is 7.76. The third kappa shape index (κ3) is 6.47. The second kappa shape index (κ2) is 11.0. The lowest BCUT2D eigenvalue weighted by Crippen LogP contribution is -2.33. The van der Waals surface area contributed by atoms with E-state index in [9.17, 15) is 9.59 Å². The quantitative estimate of drug-likeness (QED) is 0.197. The summed E-state index contributed by atoms with van der Waals surface area (Å²) in [6, 6.07) is 17.9. The number of amides is 1. The minimum Gasteiger partial charge on any atom is -0.479 e. The molecule has 1 N–H and O–H groups in total. The average Bonchev–Trinajstić information content (AvgIpc) is 2.77. The number of carbonyl (C=O) groups is 2. The third-order valence-electron chi connectivity index (χ3n) is 4.14. The molecular formula is C23H17Cl3N2O4. The molecule has 3 aromatic rings. The molecule has 0 aromatic heterocycles. The van der Waals surface area contributed by atoms with E-state index < -0.39 is 18.0 Å². The lowest BCUT2D eigenvalue weighted by molar-refractivity contribution is -0.127. The normalized spacial score (nSPS) is 11.8. The molecule has 0 fully saturated rings. The molecule has 0 saturated heterocycles. The zero-order valence-corrected chi connectivity index (χ0v) is 19.0. The number of carbonyl (C=O) groups excluding carboxylic acids is 2. The smallest absolute Gasteiger partial charge is 0.345 e. The van der Waals surface area contributed by atoms with Gasteiger partial charge in [-0.15, -0.1) is 0 Å². The summed E-state index contributed by atoms with van der Waals surface area (Å²) < 4.78 is 10.8. The molecule has 1 amide bonds. The number of hydrazone groups is 1. The van der Waals surface area contributed by atoms with E-state index in [2.05, 4.69) is 10.5 Å². The Morgan fingerprint density at radius 1 is 0.969 bits per heavy atom. The molecule has 0 saturated carbocycles. The van der Waals surface area contributed by atoms with Gasteiger partial charge < -0.3 is 9.47 Å². The average molecular weight is 492 g/mol. The first kappa shape index (κ1) is 23.6. The molecule has 0 heterocycles. The summed E-state index contributed by atoms with van der Waals surface area (Å²) in [7, 11) is 0. The fraction of sp³-hybridized carbons (Fsp3) is 0.0870. The summed E-state index contributed by atoms with van der Waals surface area (Å²) in [6.07, 6.45) is 0.608. The van der Waals surface area contributed by atoms with Gasteiger partial charge in [-0.05, 0) is 67.1 Å². The third-order valence-corrected chi connectivity index (χ3v) is 5.00. The van der Waals surface area contributed by atoms with E-state index in [0.717, 1.165) is 0 Å². The maximum Gasteiger partial charge on any atom is 0.345 e. The van der Waals surface area contributed by atoms with Crippen LogP contribution in [0.15, 0.2) is 71.8 Å². The van der Waals surface area contributed by atoms with E-state index in [1.54, 1.807) is 67.6 Å². The molecule has 0 aliphatic carbocycles. The molecule has 9 heteroatoms. The van der Waals surface area contributed by atoms with Crippen LogP contribution in [0.3, 0.4) is 0 Å². The number of nitrogens with one attached hydrogen (secondary N) is 1. The van der Waals surface area contributed by atoms with Gasteiger partial charge in [-0.1, -0.05) is 46.9 Å². The van der Waals surface area contributed by atoms with Crippen LogP contribution in [0.5, 0.6) is 11.5 Å². The van der Waals surface area contributed by atoms with Crippen LogP contribution in [-0.4, -0.2) is 24.2 Å². The molecule has 0 aliphatic rings. The van der Waals surface area contributed by atoms with Crippen LogP contribution in [-0.2, 0) is 4.79 Å². The Balaban J connectivity index is 1.52. The molecule has 0 bridgehead atoms. The molecule has 164 valence electrons. The molecule has 6 nitrogen and oxygen atoms in total. The van der Waals surface area contributed by atoms with Gasteiger partial charge in [0.1, 0.15) is 11.5 Å². The van der Waals surface area contributed by atoms with Crippen LogP contribution < -0.4 is 14.9 Å². The lowest BCUT2D eigenvalue weighted by atomic mass is 10.2. The highest BCUT2D eigenvalue weighted by molar-refractivity contribution is 6.35. The van der Waals surface area contributed by atoms with E-state index in [-0.39, 0.29) is 5.56 Å². The summed E-state index contributed by atoms with van der Waals surface area (Å²) in [5, 5.41) is 4.99. The van der Waals surface area contributed by atoms with E-state index in [1.165, 1.54) is 12.3 Å². The highest BCUT2D eigenvalue weighted by atomic mass is 35.5. The first-order chi connectivity index (χ1) is 15.3. The molecule has 3 rings (SSSR count). The van der Waals surface area contributed by atoms with Crippen LogP contribution in [0, 0.1) is 0 Å². The van der Waals surface area contributed by atoms with Gasteiger partial charge in [-0.25, -0.2) is 10.2 Å². The van der Waals surface area contributed by atoms with Crippen molar-refractivity contribution in [1.29, 1.82) is 0 Å². The van der Waals surface area contributed by atoms with Crippen molar-refractivity contribution in [3.05, 3.63) is 92.9 Å². The standard InChI is InChI=1S/C23H17Cl3N2O4/c1-14(31-21-11-8-16(24)12-20(21)26)22(29)28-27-13-15-6-9-17(10-7-15)32-23(30)18-4-2-3-5-19(18)25/h2-14H,1H3,(H,28,29)/b27-13+. The summed E-state index contributed by atoms with van der Waals surface area (Å²) in [4.78, 5) is 24.4. The highest BCUT2D eigenvalue weighted by Crippen LogP contribution is 2.28. The lowest BCUT2D eigenvalue weighted by Gasteiger charge is -2.14. The summed E-state index contributed by atoms with van der Waals surface area (Å²) in [5.74, 6) is -0.334. The Morgan fingerprint density at radius 3 is 2.38 bits per heavy atom. The van der Waals surface area contributed by atoms with Crippen molar-refractivity contribution in [1.82, 2.24) is 5.43 Å². The SMILES string of the molecule is CC(Oc1ccc(Cl)cc1Cl)C(=O)N/N=C/c1ccc(OC(=O)c2ccccc2Cl)cc1. The minimum absolute atomic E-state index is 0.277. The van der Waals surface area contributed by atoms with Gasteiger partial charge in [-0.2, -0.15) is 5.10 Å². The highest BCUT2D eigenvalue weighted by Gasteiger charge is 2.16. The van der Waals surface area contributed by atoms with Gasteiger partial charge in [0.15, 0.2) is 6.10 Å². The molecule has 3 aromatic carbocycles. The molecular weight excluding hydrogens is 475 g/mol. The summed E-state index contributed by atoms with van der Waals surface area (Å²) >= 11 is 17.9. The molecule has 1 atom stereocenters. The molecule has 0 aliphatic heterocycles. The second-order valence-electron chi connectivity index (χ2n) is 6.51. The van der Waals surface area contributed by atoms with Gasteiger partial charge in [0, 0.05) is 5.02 Å². The number of esters is 1. The molecule has 32 heavy (non-hydrogen) atoms. The number of hydrogen-bond donors (Lipinski definition) is 1. The van der Waals surface area contributed by atoms with Crippen molar-refractivity contribution >= 4 is 52.9 Å². The van der Waals surface area contributed by atoms with Gasteiger partial charge in [-0.3, -0.25) is 4.79 Å². The Kier molecular flexibility index (Phi) is 8.11. The summed E-state index contributed by atoms with van der Waals surface area (Å²) in [5.41, 5.74) is 3.35. The Bertz CT molecular complexity index is 1150. The van der Waals surface area contributed by atoms with E-state index in [0.29, 0.717) is 32.1 Å². The van der Waals surface area contributed by atoms with Crippen LogP contribution >= 0.6 is 34.8 Å². The first-order valence-corrected chi connectivity index (χ1v) is 10.5. The minimum atomic E-state index is -0.836. The zero-order valence-electron chi connectivity index (χ0n) is 16.7. The van der Waals surface area contributed by atoms with Crippen LogP contribution in [0.2, 0.25) is 15.1 Å². The van der Waals surface area contributed by atoms with Gasteiger partial charge in [0.05, 0.1) is 21.8 Å². The molecule has 1 unspecified atom stereocenters. The van der Waals surface area contributed by atoms with E-state index in [4.69, 9.17) is 44.3 Å². The number of ether oxygens (including phenoxy) is 2. The Labute approximate surface area is 199 Å². The van der Waals surface area contributed by atoms with Crippen LogP contribution in [0.25, 0.3) is 0 Å². The Morgan fingerprint density at radius 2 is 1.69 bits per heavy atom. The number of rotatable bonds is 7. The van der Waals surface area contributed by atoms with E-state index in [1.807, 2.05) is 0 Å². The Hall–Kier alpha value is -3.06. The number of hydrogen-bond acceptors (Lipinski definition) is 5. The predicted molar refractivity (Wildman–Crippen MR) is 125 cm³/mol. The van der Waals surface area contributed by atoms with Crippen molar-refractivity contribution < 1.29 is 19.1 Å². The largest absolute Gasteiger partial charge is 0.479 e. The first-order valence-electron chi connectivity index (χ1n) is 9.35. The van der Waals surface area contributed by atoms with Gasteiger partial charge in [0.25, 0.3) is 5.91 Å². The molecule has 0 radical (unpaired) electrons. The van der Waals surface area contributed by atoms with Gasteiger partial charge in [0.2, 0.25) is 0 Å². The number of benzene rings is 3. The topological polar surface area (TPSA) is 77.0 Å². The maximum atomic E-state index is 12.2. The summed E-state index contributed by atoms with van der Waals surface area (Å²) in [6.45, 7) is 1.57. The number of nitrogens with zero attached hydrogens (tertiary/aromatic N) is 1. The fourth-order valence-corrected chi connectivity index (χ4v) is 3.15. The maximum absolute atomic E-state index is 12.2. The van der Waals surface area contributed by atoms with Crippen LogP contribution in [0.4, 0.5) is 0 Å². The fourth-order valence-electron chi connectivity index (χ4n) is 2.49. The van der Waals surface area contributed by atoms with Crippen molar-refractivity contribution in [2.45, 2.75) is 13.0 Å². The van der Waals surface area contributed by atoms with Crippen molar-refractivity contribution in [3.8, 4) is 11.5 Å². The molecule has 0 spiro atoms. The van der Waals surface area contributed by atoms with E-state index >= 15 is 0 Å². The zero-order chi connectivity index (χ0) is 23.1. The predicted octanol–water partition coefficient (Wildman–Crippen LogP) is 5.78. The number of halogens is 3. The monoisotopic (exact) mass is 490 g/mol.